The van der Waals surface area contributed by atoms with Gasteiger partial charge < -0.3 is 30.2 Å². The van der Waals surface area contributed by atoms with E-state index in [2.05, 4.69) is 36.1 Å². The second-order valence-electron chi connectivity index (χ2n) is 10.1. The maximum absolute atomic E-state index is 13.1. The van der Waals surface area contributed by atoms with E-state index in [4.69, 9.17) is 4.74 Å². The van der Waals surface area contributed by atoms with Crippen LogP contribution in [0.5, 0.6) is 5.75 Å². The SMILES string of the molecule is CCn1cncc1CN(C)C(=O)c1ccc(-c2cccc(Nc3cc(NC(=O)C4CC4)nnc3C(=O)NC)c2OC)cn1. The first-order valence-corrected chi connectivity index (χ1v) is 13.9. The summed E-state index contributed by atoms with van der Waals surface area (Å²) >= 11 is 0. The van der Waals surface area contributed by atoms with Crippen molar-refractivity contribution in [3.05, 3.63) is 72.2 Å². The number of nitrogens with zero attached hydrogens (tertiary/aromatic N) is 6. The molecule has 3 heterocycles. The summed E-state index contributed by atoms with van der Waals surface area (Å²) in [4.78, 5) is 48.1. The van der Waals surface area contributed by atoms with Crippen LogP contribution in [-0.2, 0) is 17.9 Å². The standard InChI is InChI=1S/C30H33N9O4/c1-5-39-17-32-15-20(39)16-38(3)30(42)23-12-11-19(14-33-23)21-7-6-8-22(27(21)43-4)34-24-13-25(35-28(40)18-9-10-18)36-37-26(24)29(41)31-2/h6-8,11-15,17-18H,5,9-10,16H2,1-4H3,(H,31,41)(H2,34,35,36,40). The van der Waals surface area contributed by atoms with E-state index in [0.717, 1.165) is 30.6 Å². The number of anilines is 3. The third kappa shape index (κ3) is 6.45. The highest BCUT2D eigenvalue weighted by molar-refractivity contribution is 6.00. The fourth-order valence-electron chi connectivity index (χ4n) is 4.59. The number of carbonyl (C=O) groups excluding carboxylic acids is 3. The van der Waals surface area contributed by atoms with Crippen LogP contribution in [0, 0.1) is 5.92 Å². The topological polar surface area (TPSA) is 156 Å². The molecule has 4 aromatic rings. The van der Waals surface area contributed by atoms with Crippen LogP contribution in [0.25, 0.3) is 11.1 Å². The number of amides is 3. The minimum atomic E-state index is -0.446. The molecule has 3 aromatic heterocycles. The highest BCUT2D eigenvalue weighted by Crippen LogP contribution is 2.38. The summed E-state index contributed by atoms with van der Waals surface area (Å²) in [6.07, 6.45) is 6.80. The van der Waals surface area contributed by atoms with Gasteiger partial charge in [-0.05, 0) is 31.9 Å². The molecule has 1 saturated carbocycles. The number of pyridine rings is 1. The highest BCUT2D eigenvalue weighted by Gasteiger charge is 2.30. The Morgan fingerprint density at radius 3 is 2.58 bits per heavy atom. The maximum Gasteiger partial charge on any atom is 0.273 e. The molecule has 0 spiro atoms. The molecule has 43 heavy (non-hydrogen) atoms. The Labute approximate surface area is 248 Å². The third-order valence-corrected chi connectivity index (χ3v) is 7.10. The van der Waals surface area contributed by atoms with Crippen LogP contribution >= 0.6 is 0 Å². The van der Waals surface area contributed by atoms with Gasteiger partial charge in [0.05, 0.1) is 37.1 Å². The lowest BCUT2D eigenvalue weighted by Crippen LogP contribution is -2.28. The van der Waals surface area contributed by atoms with Crippen molar-refractivity contribution in [2.24, 2.45) is 5.92 Å². The molecule has 3 N–H and O–H groups in total. The van der Waals surface area contributed by atoms with E-state index in [-0.39, 0.29) is 29.2 Å². The van der Waals surface area contributed by atoms with Crippen molar-refractivity contribution in [2.45, 2.75) is 32.9 Å². The molecule has 0 unspecified atom stereocenters. The van der Waals surface area contributed by atoms with E-state index in [1.807, 2.05) is 29.7 Å². The highest BCUT2D eigenvalue weighted by atomic mass is 16.5. The summed E-state index contributed by atoms with van der Waals surface area (Å²) in [6.45, 7) is 3.20. The van der Waals surface area contributed by atoms with Gasteiger partial charge in [0.15, 0.2) is 11.5 Å². The molecular formula is C30H33N9O4. The predicted octanol–water partition coefficient (Wildman–Crippen LogP) is 3.49. The number of imidazole rings is 1. The minimum absolute atomic E-state index is 0.0185. The molecule has 13 nitrogen and oxygen atoms in total. The summed E-state index contributed by atoms with van der Waals surface area (Å²) in [5.41, 5.74) is 3.61. The van der Waals surface area contributed by atoms with Crippen LogP contribution in [-0.4, -0.2) is 68.6 Å². The van der Waals surface area contributed by atoms with Crippen LogP contribution in [0.4, 0.5) is 17.2 Å². The first-order valence-electron chi connectivity index (χ1n) is 13.9. The molecule has 1 aliphatic carbocycles. The van der Waals surface area contributed by atoms with Crippen LogP contribution in [0.3, 0.4) is 0 Å². The van der Waals surface area contributed by atoms with Gasteiger partial charge in [0, 0.05) is 56.1 Å². The molecule has 0 aliphatic heterocycles. The molecule has 222 valence electrons. The molecule has 1 aliphatic rings. The fraction of sp³-hybridized carbons (Fsp3) is 0.300. The number of hydrogen-bond donors (Lipinski definition) is 3. The lowest BCUT2D eigenvalue weighted by molar-refractivity contribution is -0.117. The molecule has 1 fully saturated rings. The number of rotatable bonds is 11. The third-order valence-electron chi connectivity index (χ3n) is 7.10. The van der Waals surface area contributed by atoms with E-state index in [9.17, 15) is 14.4 Å². The average molecular weight is 584 g/mol. The van der Waals surface area contributed by atoms with Gasteiger partial charge in [0.1, 0.15) is 11.4 Å². The van der Waals surface area contributed by atoms with Crippen molar-refractivity contribution in [3.63, 3.8) is 0 Å². The van der Waals surface area contributed by atoms with Crippen LogP contribution in [0.2, 0.25) is 0 Å². The number of nitrogens with one attached hydrogen (secondary N) is 3. The molecule has 0 saturated heterocycles. The first kappa shape index (κ1) is 29.2. The Balaban J connectivity index is 1.39. The van der Waals surface area contributed by atoms with Gasteiger partial charge in [0.2, 0.25) is 5.91 Å². The summed E-state index contributed by atoms with van der Waals surface area (Å²) < 4.78 is 7.77. The molecule has 13 heteroatoms. The molecule has 0 atom stereocenters. The van der Waals surface area contributed by atoms with Crippen molar-refractivity contribution in [3.8, 4) is 16.9 Å². The van der Waals surface area contributed by atoms with Gasteiger partial charge in [-0.2, -0.15) is 0 Å². The van der Waals surface area contributed by atoms with Gasteiger partial charge in [-0.15, -0.1) is 10.2 Å². The fourth-order valence-corrected chi connectivity index (χ4v) is 4.59. The molecular weight excluding hydrogens is 550 g/mol. The Morgan fingerprint density at radius 1 is 1.09 bits per heavy atom. The van der Waals surface area contributed by atoms with E-state index in [1.54, 1.807) is 48.9 Å². The Morgan fingerprint density at radius 2 is 1.91 bits per heavy atom. The predicted molar refractivity (Wildman–Crippen MR) is 160 cm³/mol. The van der Waals surface area contributed by atoms with Crippen LogP contribution in [0.1, 0.15) is 46.4 Å². The second-order valence-corrected chi connectivity index (χ2v) is 10.1. The number of para-hydroxylation sites is 1. The number of hydrogen-bond acceptors (Lipinski definition) is 9. The van der Waals surface area contributed by atoms with Gasteiger partial charge in [-0.1, -0.05) is 18.2 Å². The number of aryl methyl sites for hydroxylation is 1. The lowest BCUT2D eigenvalue weighted by atomic mass is 10.0. The maximum atomic E-state index is 13.1. The van der Waals surface area contributed by atoms with Gasteiger partial charge in [-0.3, -0.25) is 19.4 Å². The Kier molecular flexibility index (Phi) is 8.60. The molecule has 0 bridgehead atoms. The van der Waals surface area contributed by atoms with Crippen molar-refractivity contribution < 1.29 is 19.1 Å². The van der Waals surface area contributed by atoms with E-state index >= 15 is 0 Å². The molecule has 1 aromatic carbocycles. The van der Waals surface area contributed by atoms with Crippen molar-refractivity contribution in [1.29, 1.82) is 0 Å². The van der Waals surface area contributed by atoms with Crippen molar-refractivity contribution >= 4 is 34.9 Å². The number of benzene rings is 1. The zero-order valence-corrected chi connectivity index (χ0v) is 24.4. The monoisotopic (exact) mass is 583 g/mol. The summed E-state index contributed by atoms with van der Waals surface area (Å²) in [7, 11) is 4.77. The lowest BCUT2D eigenvalue weighted by Gasteiger charge is -2.18. The molecule has 5 rings (SSSR count). The van der Waals surface area contributed by atoms with E-state index < -0.39 is 5.91 Å². The largest absolute Gasteiger partial charge is 0.494 e. The quantitative estimate of drug-likeness (QED) is 0.240. The van der Waals surface area contributed by atoms with Crippen LogP contribution < -0.4 is 20.7 Å². The van der Waals surface area contributed by atoms with Crippen molar-refractivity contribution in [2.75, 3.05) is 31.8 Å². The van der Waals surface area contributed by atoms with Gasteiger partial charge in [-0.25, -0.2) is 4.98 Å². The van der Waals surface area contributed by atoms with Gasteiger partial charge >= 0.3 is 0 Å². The first-order chi connectivity index (χ1) is 20.8. The normalized spacial score (nSPS) is 12.4. The second kappa shape index (κ2) is 12.7. The molecule has 3 amide bonds. The molecule has 0 radical (unpaired) electrons. The smallest absolute Gasteiger partial charge is 0.273 e. The Bertz CT molecular complexity index is 1650. The zero-order chi connectivity index (χ0) is 30.5. The van der Waals surface area contributed by atoms with Crippen LogP contribution in [0.15, 0.2) is 55.1 Å². The zero-order valence-electron chi connectivity index (χ0n) is 24.4. The average Bonchev–Trinajstić information content (AvgIpc) is 3.79. The van der Waals surface area contributed by atoms with Crippen molar-refractivity contribution in [1.82, 2.24) is 34.9 Å². The summed E-state index contributed by atoms with van der Waals surface area (Å²) in [6, 6.07) is 10.5. The number of ether oxygens (including phenoxy) is 1. The number of carbonyl (C=O) groups is 3. The summed E-state index contributed by atoms with van der Waals surface area (Å²) in [5, 5.41) is 16.6. The minimum Gasteiger partial charge on any atom is -0.494 e. The van der Waals surface area contributed by atoms with Gasteiger partial charge in [0.25, 0.3) is 11.8 Å². The number of methoxy groups -OCH3 is 1. The Hall–Kier alpha value is -5.33. The van der Waals surface area contributed by atoms with E-state index in [0.29, 0.717) is 34.9 Å². The number of aromatic nitrogens is 5. The summed E-state index contributed by atoms with van der Waals surface area (Å²) in [5.74, 6) is -0.0870. The van der Waals surface area contributed by atoms with E-state index in [1.165, 1.54) is 14.2 Å².